The van der Waals surface area contributed by atoms with E-state index in [-0.39, 0.29) is 5.91 Å². The van der Waals surface area contributed by atoms with E-state index in [1.807, 2.05) is 17.2 Å². The maximum Gasteiger partial charge on any atom is 0.274 e. The maximum absolute atomic E-state index is 12.4. The smallest absolute Gasteiger partial charge is 0.274 e. The monoisotopic (exact) mass is 282 g/mol. The minimum atomic E-state index is -0.0148. The standard InChI is InChI=1S/C16H18N4O/c21-16(15-11-18-6-7-19-15)20-8-2-4-14(12-20)9-13-3-1-5-17-10-13/h1,3,5-7,10-11,14H,2,4,8-9,12H2/t14-/m1/s1. The normalized spacial score (nSPS) is 18.5. The number of aromatic nitrogens is 3. The second kappa shape index (κ2) is 6.43. The molecule has 1 fully saturated rings. The Labute approximate surface area is 124 Å². The SMILES string of the molecule is O=C(c1cnccn1)N1CCC[C@H](Cc2cccnc2)C1. The highest BCUT2D eigenvalue weighted by molar-refractivity contribution is 5.92. The van der Waals surface area contributed by atoms with Gasteiger partial charge in [0, 0.05) is 37.9 Å². The third kappa shape index (κ3) is 3.42. The number of carbonyl (C=O) groups is 1. The van der Waals surface area contributed by atoms with E-state index in [1.54, 1.807) is 18.6 Å². The molecular formula is C16H18N4O. The van der Waals surface area contributed by atoms with Crippen LogP contribution in [0, 0.1) is 5.92 Å². The lowest BCUT2D eigenvalue weighted by Crippen LogP contribution is -2.40. The summed E-state index contributed by atoms with van der Waals surface area (Å²) in [7, 11) is 0. The third-order valence-electron chi connectivity index (χ3n) is 3.84. The van der Waals surface area contributed by atoms with Gasteiger partial charge in [-0.15, -0.1) is 0 Å². The van der Waals surface area contributed by atoms with E-state index in [4.69, 9.17) is 0 Å². The van der Waals surface area contributed by atoms with Crippen molar-refractivity contribution in [1.82, 2.24) is 19.9 Å². The fourth-order valence-electron chi connectivity index (χ4n) is 2.84. The van der Waals surface area contributed by atoms with Crippen molar-refractivity contribution in [2.45, 2.75) is 19.3 Å². The number of amides is 1. The quantitative estimate of drug-likeness (QED) is 0.863. The fraction of sp³-hybridized carbons (Fsp3) is 0.375. The average Bonchev–Trinajstić information content (AvgIpc) is 2.56. The zero-order valence-electron chi connectivity index (χ0n) is 11.9. The van der Waals surface area contributed by atoms with Gasteiger partial charge in [0.1, 0.15) is 5.69 Å². The molecule has 1 atom stereocenters. The summed E-state index contributed by atoms with van der Waals surface area (Å²) in [6.45, 7) is 1.59. The Morgan fingerprint density at radius 2 is 2.14 bits per heavy atom. The maximum atomic E-state index is 12.4. The van der Waals surface area contributed by atoms with Crippen LogP contribution in [0.4, 0.5) is 0 Å². The molecule has 0 spiro atoms. The molecule has 0 bridgehead atoms. The van der Waals surface area contributed by atoms with E-state index in [9.17, 15) is 4.79 Å². The van der Waals surface area contributed by atoms with Crippen molar-refractivity contribution in [3.63, 3.8) is 0 Å². The van der Waals surface area contributed by atoms with Gasteiger partial charge >= 0.3 is 0 Å². The second-order valence-electron chi connectivity index (χ2n) is 5.42. The van der Waals surface area contributed by atoms with Gasteiger partial charge in [-0.05, 0) is 36.8 Å². The molecule has 0 aromatic carbocycles. The Bertz CT molecular complexity index is 588. The number of hydrogen-bond donors (Lipinski definition) is 0. The van der Waals surface area contributed by atoms with Crippen LogP contribution in [0.25, 0.3) is 0 Å². The van der Waals surface area contributed by atoms with Gasteiger partial charge in [-0.3, -0.25) is 14.8 Å². The fourth-order valence-corrected chi connectivity index (χ4v) is 2.84. The lowest BCUT2D eigenvalue weighted by Gasteiger charge is -2.32. The summed E-state index contributed by atoms with van der Waals surface area (Å²) < 4.78 is 0. The predicted octanol–water partition coefficient (Wildman–Crippen LogP) is 1.97. The van der Waals surface area contributed by atoms with Crippen LogP contribution in [-0.4, -0.2) is 38.8 Å². The third-order valence-corrected chi connectivity index (χ3v) is 3.84. The molecule has 2 aromatic rings. The molecule has 0 aliphatic carbocycles. The zero-order chi connectivity index (χ0) is 14.5. The van der Waals surface area contributed by atoms with Gasteiger partial charge in [-0.1, -0.05) is 6.07 Å². The van der Waals surface area contributed by atoms with Crippen molar-refractivity contribution in [1.29, 1.82) is 0 Å². The number of nitrogens with zero attached hydrogens (tertiary/aromatic N) is 4. The minimum absolute atomic E-state index is 0.0148. The van der Waals surface area contributed by atoms with Gasteiger partial charge in [0.25, 0.3) is 5.91 Å². The highest BCUT2D eigenvalue weighted by Gasteiger charge is 2.25. The first kappa shape index (κ1) is 13.7. The number of likely N-dealkylation sites (tertiary alicyclic amines) is 1. The molecule has 0 unspecified atom stereocenters. The number of carbonyl (C=O) groups excluding carboxylic acids is 1. The van der Waals surface area contributed by atoms with Crippen molar-refractivity contribution in [3.8, 4) is 0 Å². The molecule has 0 N–H and O–H groups in total. The average molecular weight is 282 g/mol. The molecule has 2 aromatic heterocycles. The van der Waals surface area contributed by atoms with Crippen molar-refractivity contribution >= 4 is 5.91 Å². The lowest BCUT2D eigenvalue weighted by molar-refractivity contribution is 0.0667. The molecule has 5 nitrogen and oxygen atoms in total. The Kier molecular flexibility index (Phi) is 4.19. The van der Waals surface area contributed by atoms with Crippen LogP contribution in [0.15, 0.2) is 43.1 Å². The molecule has 1 aliphatic rings. The van der Waals surface area contributed by atoms with E-state index in [0.29, 0.717) is 11.6 Å². The van der Waals surface area contributed by atoms with Crippen LogP contribution in [0.5, 0.6) is 0 Å². The molecular weight excluding hydrogens is 264 g/mol. The van der Waals surface area contributed by atoms with E-state index in [0.717, 1.165) is 32.4 Å². The van der Waals surface area contributed by atoms with Gasteiger partial charge < -0.3 is 4.90 Å². The summed E-state index contributed by atoms with van der Waals surface area (Å²) in [5.41, 5.74) is 1.66. The molecule has 5 heteroatoms. The summed E-state index contributed by atoms with van der Waals surface area (Å²) in [6, 6.07) is 4.05. The van der Waals surface area contributed by atoms with Gasteiger partial charge in [0.05, 0.1) is 6.20 Å². The largest absolute Gasteiger partial charge is 0.337 e. The molecule has 108 valence electrons. The summed E-state index contributed by atoms with van der Waals surface area (Å²) >= 11 is 0. The summed E-state index contributed by atoms with van der Waals surface area (Å²) in [4.78, 5) is 26.5. The highest BCUT2D eigenvalue weighted by Crippen LogP contribution is 2.21. The van der Waals surface area contributed by atoms with Crippen molar-refractivity contribution in [3.05, 3.63) is 54.4 Å². The van der Waals surface area contributed by atoms with Gasteiger partial charge in [-0.2, -0.15) is 0 Å². The van der Waals surface area contributed by atoms with Gasteiger partial charge in [-0.25, -0.2) is 4.98 Å². The Morgan fingerprint density at radius 1 is 1.24 bits per heavy atom. The van der Waals surface area contributed by atoms with E-state index >= 15 is 0 Å². The number of hydrogen-bond acceptors (Lipinski definition) is 4. The van der Waals surface area contributed by atoms with Crippen molar-refractivity contribution < 1.29 is 4.79 Å². The first-order chi connectivity index (χ1) is 10.3. The minimum Gasteiger partial charge on any atom is -0.337 e. The predicted molar refractivity (Wildman–Crippen MR) is 78.6 cm³/mol. The summed E-state index contributed by atoms with van der Waals surface area (Å²) in [6.07, 6.45) is 11.5. The van der Waals surface area contributed by atoms with Gasteiger partial charge in [0.2, 0.25) is 0 Å². The molecule has 1 amide bonds. The Balaban J connectivity index is 1.64. The molecule has 3 heterocycles. The topological polar surface area (TPSA) is 59.0 Å². The molecule has 1 aliphatic heterocycles. The summed E-state index contributed by atoms with van der Waals surface area (Å²) in [5.74, 6) is 0.475. The Morgan fingerprint density at radius 3 is 2.90 bits per heavy atom. The Hall–Kier alpha value is -2.30. The number of piperidine rings is 1. The number of pyridine rings is 1. The molecule has 3 rings (SSSR count). The van der Waals surface area contributed by atoms with Crippen LogP contribution < -0.4 is 0 Å². The lowest BCUT2D eigenvalue weighted by atomic mass is 9.92. The van der Waals surface area contributed by atoms with E-state index < -0.39 is 0 Å². The summed E-state index contributed by atoms with van der Waals surface area (Å²) in [5, 5.41) is 0. The zero-order valence-corrected chi connectivity index (χ0v) is 11.9. The van der Waals surface area contributed by atoms with Crippen LogP contribution in [0.2, 0.25) is 0 Å². The number of rotatable bonds is 3. The molecule has 0 radical (unpaired) electrons. The first-order valence-electron chi connectivity index (χ1n) is 7.27. The molecule has 21 heavy (non-hydrogen) atoms. The van der Waals surface area contributed by atoms with Crippen LogP contribution >= 0.6 is 0 Å². The first-order valence-corrected chi connectivity index (χ1v) is 7.27. The highest BCUT2D eigenvalue weighted by atomic mass is 16.2. The molecule has 0 saturated carbocycles. The molecule has 1 saturated heterocycles. The van der Waals surface area contributed by atoms with Crippen LogP contribution in [0.1, 0.15) is 28.9 Å². The van der Waals surface area contributed by atoms with Crippen LogP contribution in [0.3, 0.4) is 0 Å². The van der Waals surface area contributed by atoms with Crippen LogP contribution in [-0.2, 0) is 6.42 Å². The second-order valence-corrected chi connectivity index (χ2v) is 5.42. The van der Waals surface area contributed by atoms with E-state index in [2.05, 4.69) is 21.0 Å². The van der Waals surface area contributed by atoms with Crippen molar-refractivity contribution in [2.24, 2.45) is 5.92 Å². The van der Waals surface area contributed by atoms with Crippen molar-refractivity contribution in [2.75, 3.05) is 13.1 Å². The van der Waals surface area contributed by atoms with Gasteiger partial charge in [0.15, 0.2) is 0 Å². The van der Waals surface area contributed by atoms with E-state index in [1.165, 1.54) is 11.8 Å².